The van der Waals surface area contributed by atoms with Gasteiger partial charge in [0.2, 0.25) is 5.91 Å². The van der Waals surface area contributed by atoms with Crippen LogP contribution in [0.25, 0.3) is 0 Å². The van der Waals surface area contributed by atoms with Crippen LogP contribution in [0.4, 0.5) is 4.79 Å². The smallest absolute Gasteiger partial charge is 0.326 e. The van der Waals surface area contributed by atoms with Crippen LogP contribution in [0.5, 0.6) is 0 Å². The van der Waals surface area contributed by atoms with Gasteiger partial charge < -0.3 is 25.8 Å². The number of carboxylic acids is 1. The Kier molecular flexibility index (Phi) is 8.29. The number of ether oxygens (including phenoxy) is 1. The molecular formula is C10H19N3O5. The molecule has 0 heterocycles. The summed E-state index contributed by atoms with van der Waals surface area (Å²) in [7, 11) is 1.51. The maximum atomic E-state index is 11.3. The van der Waals surface area contributed by atoms with Crippen LogP contribution >= 0.6 is 0 Å². The highest BCUT2D eigenvalue weighted by Gasteiger charge is 2.17. The summed E-state index contributed by atoms with van der Waals surface area (Å²) in [5.41, 5.74) is 0. The molecule has 0 rings (SSSR count). The first-order valence-electron chi connectivity index (χ1n) is 5.54. The van der Waals surface area contributed by atoms with E-state index in [4.69, 9.17) is 9.84 Å². The van der Waals surface area contributed by atoms with Crippen LogP contribution in [0.15, 0.2) is 0 Å². The number of carbonyl (C=O) groups is 3. The molecule has 18 heavy (non-hydrogen) atoms. The van der Waals surface area contributed by atoms with E-state index in [0.29, 0.717) is 13.2 Å². The average molecular weight is 261 g/mol. The number of hydrogen-bond donors (Lipinski definition) is 4. The standard InChI is InChI=1S/C10H19N3O5/c1-3-7(9(15)16)13-10(17)12-6-8(14)11-4-5-18-2/h7H,3-6H2,1-2H3,(H,11,14)(H,15,16)(H2,12,13,17)/t7-/m1/s1. The summed E-state index contributed by atoms with van der Waals surface area (Å²) in [5, 5.41) is 15.7. The number of carbonyl (C=O) groups excluding carboxylic acids is 2. The Hall–Kier alpha value is -1.83. The molecule has 0 spiro atoms. The molecule has 0 aliphatic carbocycles. The van der Waals surface area contributed by atoms with Crippen LogP contribution < -0.4 is 16.0 Å². The molecule has 0 fully saturated rings. The Morgan fingerprint density at radius 2 is 1.94 bits per heavy atom. The van der Waals surface area contributed by atoms with E-state index in [9.17, 15) is 14.4 Å². The summed E-state index contributed by atoms with van der Waals surface area (Å²) in [6.07, 6.45) is 0.267. The van der Waals surface area contributed by atoms with Crippen molar-refractivity contribution in [3.63, 3.8) is 0 Å². The van der Waals surface area contributed by atoms with Gasteiger partial charge in [0.25, 0.3) is 0 Å². The Balaban J connectivity index is 3.82. The molecule has 104 valence electrons. The lowest BCUT2D eigenvalue weighted by Gasteiger charge is -2.13. The van der Waals surface area contributed by atoms with Gasteiger partial charge >= 0.3 is 12.0 Å². The second-order valence-electron chi connectivity index (χ2n) is 3.47. The fourth-order valence-electron chi connectivity index (χ4n) is 1.06. The zero-order valence-corrected chi connectivity index (χ0v) is 10.5. The molecule has 0 bridgehead atoms. The van der Waals surface area contributed by atoms with Crippen LogP contribution in [-0.4, -0.2) is 55.9 Å². The number of nitrogens with one attached hydrogen (secondary N) is 3. The minimum Gasteiger partial charge on any atom is -0.480 e. The number of hydrogen-bond acceptors (Lipinski definition) is 4. The van der Waals surface area contributed by atoms with E-state index < -0.39 is 18.0 Å². The molecule has 8 nitrogen and oxygen atoms in total. The molecule has 0 saturated heterocycles. The third kappa shape index (κ3) is 7.44. The maximum absolute atomic E-state index is 11.3. The number of amides is 3. The summed E-state index contributed by atoms with van der Waals surface area (Å²) in [5.74, 6) is -1.48. The predicted molar refractivity (Wildman–Crippen MR) is 63.1 cm³/mol. The van der Waals surface area contributed by atoms with Crippen LogP contribution in [0.1, 0.15) is 13.3 Å². The number of aliphatic carboxylic acids is 1. The Labute approximate surface area is 105 Å². The highest BCUT2D eigenvalue weighted by atomic mass is 16.5. The van der Waals surface area contributed by atoms with Gasteiger partial charge in [0.1, 0.15) is 6.04 Å². The minimum absolute atomic E-state index is 0.217. The lowest BCUT2D eigenvalue weighted by atomic mass is 10.2. The van der Waals surface area contributed by atoms with Gasteiger partial charge in [-0.3, -0.25) is 4.79 Å². The molecule has 0 aromatic rings. The third-order valence-corrected chi connectivity index (χ3v) is 2.05. The van der Waals surface area contributed by atoms with Gasteiger partial charge in [-0.05, 0) is 6.42 Å². The molecule has 0 saturated carbocycles. The minimum atomic E-state index is -1.11. The lowest BCUT2D eigenvalue weighted by molar-refractivity contribution is -0.139. The van der Waals surface area contributed by atoms with Gasteiger partial charge in [0.05, 0.1) is 13.2 Å². The quantitative estimate of drug-likeness (QED) is 0.414. The van der Waals surface area contributed by atoms with Crippen molar-refractivity contribution < 1.29 is 24.2 Å². The molecule has 0 radical (unpaired) electrons. The van der Waals surface area contributed by atoms with Gasteiger partial charge in [-0.2, -0.15) is 0 Å². The average Bonchev–Trinajstić information content (AvgIpc) is 2.33. The van der Waals surface area contributed by atoms with Gasteiger partial charge in [0, 0.05) is 13.7 Å². The first kappa shape index (κ1) is 16.2. The highest BCUT2D eigenvalue weighted by molar-refractivity contribution is 5.86. The van der Waals surface area contributed by atoms with Gasteiger partial charge in [-0.1, -0.05) is 6.92 Å². The number of methoxy groups -OCH3 is 1. The predicted octanol–water partition coefficient (Wildman–Crippen LogP) is -1.09. The Morgan fingerprint density at radius 1 is 1.28 bits per heavy atom. The Bertz CT molecular complexity index is 295. The van der Waals surface area contributed by atoms with Crippen molar-refractivity contribution in [1.82, 2.24) is 16.0 Å². The lowest BCUT2D eigenvalue weighted by Crippen LogP contribution is -2.48. The topological polar surface area (TPSA) is 117 Å². The van der Waals surface area contributed by atoms with E-state index >= 15 is 0 Å². The maximum Gasteiger partial charge on any atom is 0.326 e. The van der Waals surface area contributed by atoms with Crippen LogP contribution in [0, 0.1) is 0 Å². The first-order chi connectivity index (χ1) is 8.51. The van der Waals surface area contributed by atoms with Gasteiger partial charge in [-0.15, -0.1) is 0 Å². The molecule has 4 N–H and O–H groups in total. The van der Waals surface area contributed by atoms with Crippen molar-refractivity contribution in [1.29, 1.82) is 0 Å². The van der Waals surface area contributed by atoms with Gasteiger partial charge in [-0.25, -0.2) is 9.59 Å². The molecular weight excluding hydrogens is 242 g/mol. The SMILES string of the molecule is CC[C@@H](NC(=O)NCC(=O)NCCOC)C(=O)O. The van der Waals surface area contributed by atoms with Crippen molar-refractivity contribution in [2.45, 2.75) is 19.4 Å². The van der Waals surface area contributed by atoms with Crippen molar-refractivity contribution in [3.05, 3.63) is 0 Å². The summed E-state index contributed by atoms with van der Waals surface area (Å²) in [6, 6.07) is -1.65. The normalized spacial score (nSPS) is 11.4. The largest absolute Gasteiger partial charge is 0.480 e. The number of urea groups is 1. The fourth-order valence-corrected chi connectivity index (χ4v) is 1.06. The van der Waals surface area contributed by atoms with E-state index in [0.717, 1.165) is 0 Å². The van der Waals surface area contributed by atoms with Crippen molar-refractivity contribution in [2.24, 2.45) is 0 Å². The van der Waals surface area contributed by atoms with Crippen molar-refractivity contribution >= 4 is 17.9 Å². The highest BCUT2D eigenvalue weighted by Crippen LogP contribution is 1.89. The second-order valence-corrected chi connectivity index (χ2v) is 3.47. The monoisotopic (exact) mass is 261 g/mol. The number of carboxylic acid groups (broad SMARTS) is 1. The van der Waals surface area contributed by atoms with Crippen LogP contribution in [0.3, 0.4) is 0 Å². The molecule has 8 heteroatoms. The first-order valence-corrected chi connectivity index (χ1v) is 5.54. The third-order valence-electron chi connectivity index (χ3n) is 2.05. The van der Waals surface area contributed by atoms with E-state index in [1.165, 1.54) is 7.11 Å². The zero-order chi connectivity index (χ0) is 14.0. The van der Waals surface area contributed by atoms with E-state index in [-0.39, 0.29) is 18.9 Å². The molecule has 0 aromatic carbocycles. The summed E-state index contributed by atoms with van der Waals surface area (Å²) >= 11 is 0. The second kappa shape index (κ2) is 9.23. The van der Waals surface area contributed by atoms with E-state index in [2.05, 4.69) is 16.0 Å². The van der Waals surface area contributed by atoms with Crippen LogP contribution in [0.2, 0.25) is 0 Å². The zero-order valence-electron chi connectivity index (χ0n) is 10.5. The van der Waals surface area contributed by atoms with E-state index in [1.807, 2.05) is 0 Å². The summed E-state index contributed by atoms with van der Waals surface area (Å²) < 4.78 is 4.73. The Morgan fingerprint density at radius 3 is 2.44 bits per heavy atom. The van der Waals surface area contributed by atoms with Gasteiger partial charge in [0.15, 0.2) is 0 Å². The summed E-state index contributed by atoms with van der Waals surface area (Å²) in [6.45, 7) is 2.16. The molecule has 0 aromatic heterocycles. The molecule has 1 atom stereocenters. The van der Waals surface area contributed by atoms with Crippen molar-refractivity contribution in [3.8, 4) is 0 Å². The van der Waals surface area contributed by atoms with E-state index in [1.54, 1.807) is 6.92 Å². The fraction of sp³-hybridized carbons (Fsp3) is 0.700. The van der Waals surface area contributed by atoms with Crippen LogP contribution in [-0.2, 0) is 14.3 Å². The van der Waals surface area contributed by atoms with Crippen molar-refractivity contribution in [2.75, 3.05) is 26.8 Å². The molecule has 3 amide bonds. The molecule has 0 aliphatic rings. The molecule has 0 unspecified atom stereocenters. The molecule has 0 aliphatic heterocycles. The summed E-state index contributed by atoms with van der Waals surface area (Å²) in [4.78, 5) is 33.1. The number of rotatable bonds is 8.